The van der Waals surface area contributed by atoms with Gasteiger partial charge in [0.1, 0.15) is 10.8 Å². The molecule has 1 aromatic carbocycles. The predicted molar refractivity (Wildman–Crippen MR) is 67.9 cm³/mol. The predicted octanol–water partition coefficient (Wildman–Crippen LogP) is 2.04. The van der Waals surface area contributed by atoms with Crippen molar-refractivity contribution < 1.29 is 15.0 Å². The molecule has 17 heavy (non-hydrogen) atoms. The van der Waals surface area contributed by atoms with Crippen molar-refractivity contribution >= 4 is 22.8 Å². The normalized spacial score (nSPS) is 23.5. The fourth-order valence-electron chi connectivity index (χ4n) is 1.58. The average molecular weight is 251 g/mol. The molecule has 2 rings (SSSR count). The van der Waals surface area contributed by atoms with Crippen molar-refractivity contribution in [2.45, 2.75) is 19.4 Å². The zero-order valence-corrected chi connectivity index (χ0v) is 10.4. The van der Waals surface area contributed by atoms with Gasteiger partial charge >= 0.3 is 5.97 Å². The number of aliphatic imine (C=N–C) groups is 1. The van der Waals surface area contributed by atoms with Crippen LogP contribution in [-0.4, -0.2) is 32.5 Å². The summed E-state index contributed by atoms with van der Waals surface area (Å²) in [6, 6.07) is 5.38. The third kappa shape index (κ3) is 2.02. The summed E-state index contributed by atoms with van der Waals surface area (Å²) in [4.78, 5) is 15.3. The van der Waals surface area contributed by atoms with Crippen molar-refractivity contribution in [3.05, 3.63) is 29.3 Å². The van der Waals surface area contributed by atoms with Crippen LogP contribution in [0.15, 0.2) is 23.2 Å². The molecule has 0 aliphatic carbocycles. The molecule has 0 bridgehead atoms. The van der Waals surface area contributed by atoms with E-state index in [0.29, 0.717) is 16.4 Å². The van der Waals surface area contributed by atoms with Gasteiger partial charge in [0, 0.05) is 11.3 Å². The molecule has 0 saturated carbocycles. The molecule has 1 unspecified atom stereocenters. The van der Waals surface area contributed by atoms with Gasteiger partial charge in [-0.1, -0.05) is 12.1 Å². The average Bonchev–Trinajstić information content (AvgIpc) is 2.66. The molecule has 5 heteroatoms. The number of thioether (sulfide) groups is 1. The van der Waals surface area contributed by atoms with E-state index >= 15 is 0 Å². The Hall–Kier alpha value is -1.49. The molecular weight excluding hydrogens is 238 g/mol. The van der Waals surface area contributed by atoms with Gasteiger partial charge in [-0.15, -0.1) is 11.8 Å². The van der Waals surface area contributed by atoms with Crippen molar-refractivity contribution in [1.29, 1.82) is 0 Å². The lowest BCUT2D eigenvalue weighted by Gasteiger charge is -2.11. The quantitative estimate of drug-likeness (QED) is 0.843. The van der Waals surface area contributed by atoms with E-state index in [2.05, 4.69) is 4.99 Å². The number of benzene rings is 1. The highest BCUT2D eigenvalue weighted by molar-refractivity contribution is 8.14. The molecular formula is C12H13NO3S. The molecule has 90 valence electrons. The number of nitrogens with zero attached hydrogens (tertiary/aromatic N) is 1. The first-order valence-electron chi connectivity index (χ1n) is 5.19. The SMILES string of the molecule is Cc1cccc(C2=NC(C)(C(=O)O)CS2)c1O. The lowest BCUT2D eigenvalue weighted by Crippen LogP contribution is -2.33. The number of para-hydroxylation sites is 1. The van der Waals surface area contributed by atoms with Crippen LogP contribution in [0.1, 0.15) is 18.1 Å². The summed E-state index contributed by atoms with van der Waals surface area (Å²) in [6.45, 7) is 3.39. The summed E-state index contributed by atoms with van der Waals surface area (Å²) in [7, 11) is 0. The van der Waals surface area contributed by atoms with Crippen LogP contribution in [0, 0.1) is 6.92 Å². The Kier molecular flexibility index (Phi) is 2.87. The first kappa shape index (κ1) is 12.0. The zero-order valence-electron chi connectivity index (χ0n) is 9.60. The second kappa shape index (κ2) is 4.07. The molecule has 1 aliphatic heterocycles. The van der Waals surface area contributed by atoms with Crippen molar-refractivity contribution in [2.75, 3.05) is 5.75 Å². The summed E-state index contributed by atoms with van der Waals surface area (Å²) < 4.78 is 0. The van der Waals surface area contributed by atoms with Crippen LogP contribution in [0.5, 0.6) is 5.75 Å². The van der Waals surface area contributed by atoms with Gasteiger partial charge < -0.3 is 10.2 Å². The number of aromatic hydroxyl groups is 1. The molecule has 1 heterocycles. The highest BCUT2D eigenvalue weighted by atomic mass is 32.2. The lowest BCUT2D eigenvalue weighted by atomic mass is 10.1. The number of rotatable bonds is 2. The number of aliphatic carboxylic acids is 1. The Morgan fingerprint density at radius 3 is 2.82 bits per heavy atom. The van der Waals surface area contributed by atoms with Gasteiger partial charge in [0.2, 0.25) is 0 Å². The number of carboxylic acid groups (broad SMARTS) is 1. The van der Waals surface area contributed by atoms with Gasteiger partial charge in [-0.3, -0.25) is 4.99 Å². The fraction of sp³-hybridized carbons (Fsp3) is 0.333. The van der Waals surface area contributed by atoms with Crippen LogP contribution in [0.2, 0.25) is 0 Å². The summed E-state index contributed by atoms with van der Waals surface area (Å²) in [5.41, 5.74) is 0.283. The number of aryl methyl sites for hydroxylation is 1. The van der Waals surface area contributed by atoms with Crippen LogP contribution in [0.3, 0.4) is 0 Å². The van der Waals surface area contributed by atoms with Gasteiger partial charge in [0.25, 0.3) is 0 Å². The lowest BCUT2D eigenvalue weighted by molar-refractivity contribution is -0.141. The van der Waals surface area contributed by atoms with Crippen molar-refractivity contribution in [3.63, 3.8) is 0 Å². The Morgan fingerprint density at radius 2 is 2.24 bits per heavy atom. The van der Waals surface area contributed by atoms with Crippen LogP contribution >= 0.6 is 11.8 Å². The first-order valence-corrected chi connectivity index (χ1v) is 6.17. The van der Waals surface area contributed by atoms with Crippen LogP contribution in [0.4, 0.5) is 0 Å². The van der Waals surface area contributed by atoms with E-state index < -0.39 is 11.5 Å². The van der Waals surface area contributed by atoms with E-state index in [0.717, 1.165) is 5.56 Å². The van der Waals surface area contributed by atoms with Crippen LogP contribution in [0.25, 0.3) is 0 Å². The van der Waals surface area contributed by atoms with Gasteiger partial charge in [-0.2, -0.15) is 0 Å². The first-order chi connectivity index (χ1) is 7.94. The molecule has 1 aromatic rings. The van der Waals surface area contributed by atoms with Crippen molar-refractivity contribution in [3.8, 4) is 5.75 Å². The maximum atomic E-state index is 11.1. The molecule has 0 saturated heterocycles. The second-order valence-electron chi connectivity index (χ2n) is 4.26. The maximum Gasteiger partial charge on any atom is 0.332 e. The van der Waals surface area contributed by atoms with Crippen molar-refractivity contribution in [2.24, 2.45) is 4.99 Å². The minimum atomic E-state index is -1.09. The monoisotopic (exact) mass is 251 g/mol. The minimum Gasteiger partial charge on any atom is -0.507 e. The van der Waals surface area contributed by atoms with E-state index in [1.165, 1.54) is 11.8 Å². The van der Waals surface area contributed by atoms with Crippen LogP contribution in [-0.2, 0) is 4.79 Å². The number of carbonyl (C=O) groups is 1. The topological polar surface area (TPSA) is 69.9 Å². The third-order valence-corrected chi connectivity index (χ3v) is 4.06. The van der Waals surface area contributed by atoms with Crippen LogP contribution < -0.4 is 0 Å². The van der Waals surface area contributed by atoms with Gasteiger partial charge in [-0.25, -0.2) is 4.79 Å². The number of hydrogen-bond acceptors (Lipinski definition) is 4. The third-order valence-electron chi connectivity index (χ3n) is 2.77. The van der Waals surface area contributed by atoms with Crippen molar-refractivity contribution in [1.82, 2.24) is 0 Å². The zero-order chi connectivity index (χ0) is 12.6. The number of hydrogen-bond donors (Lipinski definition) is 2. The number of phenols is 1. The minimum absolute atomic E-state index is 0.174. The largest absolute Gasteiger partial charge is 0.507 e. The standard InChI is InChI=1S/C12H13NO3S/c1-7-4-3-5-8(9(7)14)10-13-12(2,6-17-10)11(15)16/h3-5,14H,6H2,1-2H3,(H,15,16). The van der Waals surface area contributed by atoms with Gasteiger partial charge in [-0.05, 0) is 25.5 Å². The number of phenolic OH excluding ortho intramolecular Hbond substituents is 1. The highest BCUT2D eigenvalue weighted by Gasteiger charge is 2.38. The molecule has 0 radical (unpaired) electrons. The van der Waals surface area contributed by atoms with E-state index in [9.17, 15) is 9.90 Å². The summed E-state index contributed by atoms with van der Waals surface area (Å²) in [6.07, 6.45) is 0. The Balaban J connectivity index is 2.43. The Morgan fingerprint density at radius 1 is 1.53 bits per heavy atom. The summed E-state index contributed by atoms with van der Waals surface area (Å²) in [5.74, 6) is -0.369. The maximum absolute atomic E-state index is 11.1. The second-order valence-corrected chi connectivity index (χ2v) is 5.22. The highest BCUT2D eigenvalue weighted by Crippen LogP contribution is 2.34. The molecule has 2 N–H and O–H groups in total. The van der Waals surface area contributed by atoms with Gasteiger partial charge in [0.05, 0.1) is 0 Å². The Labute approximate surface area is 103 Å². The molecule has 1 atom stereocenters. The summed E-state index contributed by atoms with van der Waals surface area (Å²) >= 11 is 1.36. The van der Waals surface area contributed by atoms with E-state index in [1.54, 1.807) is 26.0 Å². The number of carboxylic acids is 1. The molecule has 0 fully saturated rings. The fourth-order valence-corrected chi connectivity index (χ4v) is 2.77. The molecule has 0 amide bonds. The molecule has 1 aliphatic rings. The van der Waals surface area contributed by atoms with E-state index in [4.69, 9.17) is 5.11 Å². The molecule has 0 aromatic heterocycles. The smallest absolute Gasteiger partial charge is 0.332 e. The van der Waals surface area contributed by atoms with Gasteiger partial charge in [0.15, 0.2) is 5.54 Å². The molecule has 4 nitrogen and oxygen atoms in total. The van der Waals surface area contributed by atoms with E-state index in [-0.39, 0.29) is 5.75 Å². The summed E-state index contributed by atoms with van der Waals surface area (Å²) in [5, 5.41) is 19.6. The molecule has 0 spiro atoms. The van der Waals surface area contributed by atoms with E-state index in [1.807, 2.05) is 6.07 Å². The Bertz CT molecular complexity index is 512.